The van der Waals surface area contributed by atoms with E-state index < -0.39 is 0 Å². The summed E-state index contributed by atoms with van der Waals surface area (Å²) >= 11 is 0. The molecule has 0 aromatic heterocycles. The third kappa shape index (κ3) is 11.0. The van der Waals surface area contributed by atoms with Crippen molar-refractivity contribution in [1.29, 1.82) is 0 Å². The van der Waals surface area contributed by atoms with E-state index in [0.717, 1.165) is 26.0 Å². The van der Waals surface area contributed by atoms with E-state index in [-0.39, 0.29) is 0 Å². The molecule has 0 atom stereocenters. The average molecular weight is 211 g/mol. The molecule has 0 spiro atoms. The number of hydrogen-bond donors (Lipinski definition) is 0. The van der Waals surface area contributed by atoms with E-state index in [4.69, 9.17) is 4.74 Å². The Labute approximate surface area is 94.6 Å². The van der Waals surface area contributed by atoms with Crippen molar-refractivity contribution in [1.82, 2.24) is 4.90 Å². The summed E-state index contributed by atoms with van der Waals surface area (Å²) in [5, 5.41) is 0. The molecule has 88 valence electrons. The van der Waals surface area contributed by atoms with Gasteiger partial charge in [0.25, 0.3) is 0 Å². The normalized spacial score (nSPS) is 11.4. The molecule has 0 fully saturated rings. The van der Waals surface area contributed by atoms with Gasteiger partial charge in [0.1, 0.15) is 6.61 Å². The topological polar surface area (TPSA) is 12.5 Å². The van der Waals surface area contributed by atoms with Gasteiger partial charge in [-0.25, -0.2) is 0 Å². The highest BCUT2D eigenvalue weighted by atomic mass is 16.5. The van der Waals surface area contributed by atoms with Crippen LogP contribution >= 0.6 is 0 Å². The van der Waals surface area contributed by atoms with E-state index in [2.05, 4.69) is 44.1 Å². The summed E-state index contributed by atoms with van der Waals surface area (Å²) in [5.74, 6) is 0. The van der Waals surface area contributed by atoms with Crippen molar-refractivity contribution in [2.75, 3.05) is 20.2 Å². The fourth-order valence-corrected chi connectivity index (χ4v) is 1.06. The number of rotatable bonds is 9. The van der Waals surface area contributed by atoms with Gasteiger partial charge in [0, 0.05) is 7.05 Å². The van der Waals surface area contributed by atoms with Gasteiger partial charge >= 0.3 is 0 Å². The first-order chi connectivity index (χ1) is 7.31. The van der Waals surface area contributed by atoms with Gasteiger partial charge in [-0.1, -0.05) is 32.8 Å². The molecule has 0 saturated heterocycles. The number of ether oxygens (including phenoxy) is 1. The van der Waals surface area contributed by atoms with Crippen LogP contribution in [0.3, 0.4) is 0 Å². The van der Waals surface area contributed by atoms with Gasteiger partial charge in [-0.2, -0.15) is 0 Å². The molecule has 0 aromatic rings. The van der Waals surface area contributed by atoms with E-state index in [1.807, 2.05) is 6.26 Å². The molecular formula is C13H25NO. The van der Waals surface area contributed by atoms with E-state index >= 15 is 0 Å². The number of hydrogen-bond acceptors (Lipinski definition) is 2. The van der Waals surface area contributed by atoms with Crippen LogP contribution in [-0.4, -0.2) is 25.1 Å². The first-order valence-corrected chi connectivity index (χ1v) is 5.94. The summed E-state index contributed by atoms with van der Waals surface area (Å²) in [6, 6.07) is 0. The molecule has 0 bridgehead atoms. The molecule has 0 aliphatic rings. The van der Waals surface area contributed by atoms with E-state index in [0.29, 0.717) is 0 Å². The van der Waals surface area contributed by atoms with Crippen molar-refractivity contribution in [3.8, 4) is 0 Å². The van der Waals surface area contributed by atoms with E-state index in [9.17, 15) is 0 Å². The second kappa shape index (κ2) is 11.2. The quantitative estimate of drug-likeness (QED) is 0.427. The summed E-state index contributed by atoms with van der Waals surface area (Å²) in [5.41, 5.74) is 0. The maximum atomic E-state index is 5.36. The number of nitrogens with zero attached hydrogens (tertiary/aromatic N) is 1. The third-order valence-corrected chi connectivity index (χ3v) is 2.02. The standard InChI is InChI=1S/C13H25NO/c1-4-6-8-10-14(3)11-13-15-12-9-7-5-2/h8-10,12H,4-7,11,13H2,1-3H3. The SMILES string of the molecule is CCCC=COCCN(C)C=CCCC. The molecule has 0 N–H and O–H groups in total. The fraction of sp³-hybridized carbons (Fsp3) is 0.692. The second-order valence-electron chi connectivity index (χ2n) is 3.69. The molecule has 0 amide bonds. The highest BCUT2D eigenvalue weighted by Crippen LogP contribution is 1.93. The summed E-state index contributed by atoms with van der Waals surface area (Å²) in [6.45, 7) is 6.05. The van der Waals surface area contributed by atoms with Gasteiger partial charge in [-0.3, -0.25) is 0 Å². The minimum absolute atomic E-state index is 0.757. The zero-order chi connectivity index (χ0) is 11.4. The second-order valence-corrected chi connectivity index (χ2v) is 3.69. The summed E-state index contributed by atoms with van der Waals surface area (Å²) in [6.07, 6.45) is 12.9. The molecule has 2 nitrogen and oxygen atoms in total. The summed E-state index contributed by atoms with van der Waals surface area (Å²) < 4.78 is 5.36. The van der Waals surface area contributed by atoms with Crippen LogP contribution in [0.5, 0.6) is 0 Å². The maximum absolute atomic E-state index is 5.36. The highest BCUT2D eigenvalue weighted by Gasteiger charge is 1.89. The summed E-state index contributed by atoms with van der Waals surface area (Å²) in [7, 11) is 2.07. The molecule has 15 heavy (non-hydrogen) atoms. The van der Waals surface area contributed by atoms with Crippen molar-refractivity contribution in [3.05, 3.63) is 24.6 Å². The lowest BCUT2D eigenvalue weighted by Crippen LogP contribution is -2.16. The Balaban J connectivity index is 3.34. The monoisotopic (exact) mass is 211 g/mol. The minimum atomic E-state index is 0.757. The maximum Gasteiger partial charge on any atom is 0.105 e. The summed E-state index contributed by atoms with van der Waals surface area (Å²) in [4.78, 5) is 2.16. The molecule has 2 heteroatoms. The van der Waals surface area contributed by atoms with Crippen LogP contribution in [0.4, 0.5) is 0 Å². The van der Waals surface area contributed by atoms with Crippen LogP contribution < -0.4 is 0 Å². The average Bonchev–Trinajstić information content (AvgIpc) is 2.23. The number of unbranched alkanes of at least 4 members (excludes halogenated alkanes) is 2. The molecular weight excluding hydrogens is 186 g/mol. The van der Waals surface area contributed by atoms with Crippen LogP contribution in [0.1, 0.15) is 39.5 Å². The first-order valence-electron chi connectivity index (χ1n) is 5.94. The van der Waals surface area contributed by atoms with Crippen molar-refractivity contribution >= 4 is 0 Å². The van der Waals surface area contributed by atoms with Crippen LogP contribution in [-0.2, 0) is 4.74 Å². The lowest BCUT2D eigenvalue weighted by Gasteiger charge is -2.12. The van der Waals surface area contributed by atoms with Crippen molar-refractivity contribution in [2.45, 2.75) is 39.5 Å². The van der Waals surface area contributed by atoms with Crippen LogP contribution in [0, 0.1) is 0 Å². The molecule has 0 rings (SSSR count). The zero-order valence-corrected chi connectivity index (χ0v) is 10.4. The highest BCUT2D eigenvalue weighted by molar-refractivity contribution is 4.80. The lowest BCUT2D eigenvalue weighted by molar-refractivity contribution is 0.219. The van der Waals surface area contributed by atoms with Crippen LogP contribution in [0.2, 0.25) is 0 Å². The van der Waals surface area contributed by atoms with Gasteiger partial charge in [0.15, 0.2) is 0 Å². The van der Waals surface area contributed by atoms with Crippen LogP contribution in [0.15, 0.2) is 24.6 Å². The molecule has 0 aliphatic heterocycles. The van der Waals surface area contributed by atoms with Gasteiger partial charge in [0.05, 0.1) is 12.8 Å². The fourth-order valence-electron chi connectivity index (χ4n) is 1.06. The number of likely N-dealkylation sites (N-methyl/N-ethyl adjacent to an activating group) is 1. The zero-order valence-electron chi connectivity index (χ0n) is 10.4. The van der Waals surface area contributed by atoms with Crippen LogP contribution in [0.25, 0.3) is 0 Å². The third-order valence-electron chi connectivity index (χ3n) is 2.02. The van der Waals surface area contributed by atoms with Gasteiger partial charge in [-0.05, 0) is 25.1 Å². The molecule has 0 aromatic carbocycles. The van der Waals surface area contributed by atoms with E-state index in [1.165, 1.54) is 12.8 Å². The minimum Gasteiger partial charge on any atom is -0.500 e. The van der Waals surface area contributed by atoms with Gasteiger partial charge < -0.3 is 9.64 Å². The smallest absolute Gasteiger partial charge is 0.105 e. The Morgan fingerprint density at radius 1 is 1.07 bits per heavy atom. The number of allylic oxidation sites excluding steroid dienone is 2. The predicted molar refractivity (Wildman–Crippen MR) is 66.7 cm³/mol. The Morgan fingerprint density at radius 2 is 1.73 bits per heavy atom. The Hall–Kier alpha value is -0.920. The molecule has 0 heterocycles. The van der Waals surface area contributed by atoms with Crippen molar-refractivity contribution in [2.24, 2.45) is 0 Å². The predicted octanol–water partition coefficient (Wildman–Crippen LogP) is 3.56. The molecule has 0 unspecified atom stereocenters. The van der Waals surface area contributed by atoms with Crippen molar-refractivity contribution < 1.29 is 4.74 Å². The Kier molecular flexibility index (Phi) is 10.5. The van der Waals surface area contributed by atoms with Crippen molar-refractivity contribution in [3.63, 3.8) is 0 Å². The largest absolute Gasteiger partial charge is 0.500 e. The molecule has 0 aliphatic carbocycles. The molecule has 0 radical (unpaired) electrons. The Morgan fingerprint density at radius 3 is 2.40 bits per heavy atom. The lowest BCUT2D eigenvalue weighted by atomic mass is 10.3. The first kappa shape index (κ1) is 14.1. The molecule has 0 saturated carbocycles. The Bertz CT molecular complexity index is 175. The van der Waals surface area contributed by atoms with Gasteiger partial charge in [0.2, 0.25) is 0 Å². The van der Waals surface area contributed by atoms with E-state index in [1.54, 1.807) is 0 Å². The van der Waals surface area contributed by atoms with Gasteiger partial charge in [-0.15, -0.1) is 0 Å².